The molecule has 2 aromatic heterocycles. The van der Waals surface area contributed by atoms with Crippen molar-refractivity contribution in [3.63, 3.8) is 0 Å². The highest BCUT2D eigenvalue weighted by Gasteiger charge is 2.22. The van der Waals surface area contributed by atoms with Crippen LogP contribution in [-0.4, -0.2) is 22.4 Å². The first-order valence-corrected chi connectivity index (χ1v) is 9.79. The van der Waals surface area contributed by atoms with Crippen LogP contribution in [0.15, 0.2) is 18.3 Å². The Morgan fingerprint density at radius 1 is 1.25 bits per heavy atom. The number of halogens is 1. The summed E-state index contributed by atoms with van der Waals surface area (Å²) in [6.45, 7) is 11.4. The van der Waals surface area contributed by atoms with Gasteiger partial charge < -0.3 is 10.2 Å². The van der Waals surface area contributed by atoms with Crippen molar-refractivity contribution in [2.75, 3.05) is 16.8 Å². The van der Waals surface area contributed by atoms with E-state index >= 15 is 0 Å². The Hall–Kier alpha value is -2.50. The molecule has 0 bridgehead atoms. The Morgan fingerprint density at radius 2 is 2.00 bits per heavy atom. The second kappa shape index (κ2) is 7.86. The number of fused-ring (bicyclic) bond motifs is 1. The number of nitrogens with one attached hydrogen (secondary N) is 1. The molecule has 1 N–H and O–H groups in total. The number of carbonyl (C=O) groups excluding carboxylic acids is 1. The number of rotatable bonds is 4. The summed E-state index contributed by atoms with van der Waals surface area (Å²) in [6.07, 6.45) is 3.92. The van der Waals surface area contributed by atoms with Crippen molar-refractivity contribution >= 4 is 17.4 Å². The van der Waals surface area contributed by atoms with Crippen LogP contribution in [0.5, 0.6) is 0 Å². The van der Waals surface area contributed by atoms with Crippen molar-refractivity contribution < 1.29 is 9.18 Å². The van der Waals surface area contributed by atoms with Crippen LogP contribution in [0.2, 0.25) is 0 Å². The highest BCUT2D eigenvalue weighted by Crippen LogP contribution is 2.31. The lowest BCUT2D eigenvalue weighted by Gasteiger charge is -2.31. The van der Waals surface area contributed by atoms with Gasteiger partial charge in [0.05, 0.1) is 11.4 Å². The molecule has 0 radical (unpaired) electrons. The second-order valence-corrected chi connectivity index (χ2v) is 8.88. The predicted molar refractivity (Wildman–Crippen MR) is 110 cm³/mol. The molecule has 0 saturated carbocycles. The minimum Gasteiger partial charge on any atom is -0.366 e. The maximum Gasteiger partial charge on any atom is 0.226 e. The summed E-state index contributed by atoms with van der Waals surface area (Å²) in [6, 6.07) is 3.94. The van der Waals surface area contributed by atoms with Crippen LogP contribution < -0.4 is 10.2 Å². The van der Waals surface area contributed by atoms with Gasteiger partial charge in [0.15, 0.2) is 0 Å². The summed E-state index contributed by atoms with van der Waals surface area (Å²) >= 11 is 0. The fraction of sp³-hybridized carbons (Fsp3) is 0.500. The molecule has 0 aromatic carbocycles. The standard InChI is InChI=1S/C22H29FN4O/c1-14-9-16(12-24-20(14)23)13-27-8-6-7-17-18(27)10-15(2)21(25-17)26-19(28)11-22(3,4)5/h9-10,12H,6-8,11,13H2,1-5H3,(H,25,26,28). The van der Waals surface area contributed by atoms with Crippen LogP contribution in [0.3, 0.4) is 0 Å². The molecule has 0 atom stereocenters. The van der Waals surface area contributed by atoms with Gasteiger partial charge in [-0.15, -0.1) is 0 Å². The first-order chi connectivity index (χ1) is 13.1. The first kappa shape index (κ1) is 20.2. The molecule has 0 fully saturated rings. The predicted octanol–water partition coefficient (Wildman–Crippen LogP) is 4.56. The maximum absolute atomic E-state index is 13.5. The molecule has 150 valence electrons. The van der Waals surface area contributed by atoms with Crippen molar-refractivity contribution in [1.82, 2.24) is 9.97 Å². The molecule has 6 heteroatoms. The summed E-state index contributed by atoms with van der Waals surface area (Å²) in [5.41, 5.74) is 4.49. The second-order valence-electron chi connectivity index (χ2n) is 8.88. The molecule has 28 heavy (non-hydrogen) atoms. The number of anilines is 2. The molecule has 1 aliphatic rings. The van der Waals surface area contributed by atoms with E-state index in [2.05, 4.69) is 21.3 Å². The zero-order valence-electron chi connectivity index (χ0n) is 17.4. The molecular formula is C22H29FN4O. The molecule has 3 rings (SSSR count). The van der Waals surface area contributed by atoms with Gasteiger partial charge in [0.1, 0.15) is 5.82 Å². The number of hydrogen-bond acceptors (Lipinski definition) is 4. The Morgan fingerprint density at radius 3 is 2.68 bits per heavy atom. The lowest BCUT2D eigenvalue weighted by molar-refractivity contribution is -0.117. The lowest BCUT2D eigenvalue weighted by atomic mass is 9.92. The lowest BCUT2D eigenvalue weighted by Crippen LogP contribution is -2.30. The largest absolute Gasteiger partial charge is 0.366 e. The van der Waals surface area contributed by atoms with Gasteiger partial charge in [0, 0.05) is 31.3 Å². The van der Waals surface area contributed by atoms with Crippen molar-refractivity contribution in [3.05, 3.63) is 46.7 Å². The molecule has 1 amide bonds. The van der Waals surface area contributed by atoms with E-state index < -0.39 is 5.95 Å². The van der Waals surface area contributed by atoms with E-state index in [0.29, 0.717) is 24.3 Å². The van der Waals surface area contributed by atoms with E-state index in [1.54, 1.807) is 13.1 Å². The Labute approximate surface area is 166 Å². The van der Waals surface area contributed by atoms with Crippen LogP contribution in [0.4, 0.5) is 15.9 Å². The number of aryl methyl sites for hydroxylation is 3. The van der Waals surface area contributed by atoms with Crippen LogP contribution in [0.25, 0.3) is 0 Å². The van der Waals surface area contributed by atoms with Crippen molar-refractivity contribution in [2.24, 2.45) is 5.41 Å². The van der Waals surface area contributed by atoms with Gasteiger partial charge in [0.25, 0.3) is 0 Å². The number of carbonyl (C=O) groups is 1. The van der Waals surface area contributed by atoms with Crippen molar-refractivity contribution in [3.8, 4) is 0 Å². The maximum atomic E-state index is 13.5. The quantitative estimate of drug-likeness (QED) is 0.785. The van der Waals surface area contributed by atoms with Crippen LogP contribution in [-0.2, 0) is 17.8 Å². The van der Waals surface area contributed by atoms with E-state index in [-0.39, 0.29) is 11.3 Å². The molecule has 0 unspecified atom stereocenters. The van der Waals surface area contributed by atoms with Crippen LogP contribution in [0.1, 0.15) is 56.0 Å². The number of amides is 1. The van der Waals surface area contributed by atoms with Gasteiger partial charge in [-0.1, -0.05) is 20.8 Å². The van der Waals surface area contributed by atoms with Gasteiger partial charge in [-0.25, -0.2) is 9.97 Å². The summed E-state index contributed by atoms with van der Waals surface area (Å²) in [5, 5.41) is 2.97. The molecule has 2 aromatic rings. The fourth-order valence-electron chi connectivity index (χ4n) is 3.52. The third-order valence-corrected chi connectivity index (χ3v) is 4.84. The number of pyridine rings is 2. The first-order valence-electron chi connectivity index (χ1n) is 9.79. The number of hydrogen-bond donors (Lipinski definition) is 1. The molecule has 5 nitrogen and oxygen atoms in total. The van der Waals surface area contributed by atoms with Gasteiger partial charge in [-0.2, -0.15) is 4.39 Å². The average Bonchev–Trinajstić information content (AvgIpc) is 2.58. The third kappa shape index (κ3) is 4.86. The SMILES string of the molecule is Cc1cc(CN2CCCc3nc(NC(=O)CC(C)(C)C)c(C)cc32)cnc1F. The smallest absolute Gasteiger partial charge is 0.226 e. The molecular weight excluding hydrogens is 355 g/mol. The number of aromatic nitrogens is 2. The topological polar surface area (TPSA) is 58.1 Å². The molecule has 3 heterocycles. The van der Waals surface area contributed by atoms with Gasteiger partial charge in [-0.05, 0) is 55.4 Å². The Balaban J connectivity index is 1.81. The zero-order chi connectivity index (χ0) is 20.5. The molecule has 1 aliphatic heterocycles. The van der Waals surface area contributed by atoms with Gasteiger partial charge in [-0.3, -0.25) is 4.79 Å². The van der Waals surface area contributed by atoms with Crippen molar-refractivity contribution in [1.29, 1.82) is 0 Å². The summed E-state index contributed by atoms with van der Waals surface area (Å²) in [5.74, 6) is 0.216. The minimum atomic E-state index is -0.420. The molecule has 0 saturated heterocycles. The fourth-order valence-corrected chi connectivity index (χ4v) is 3.52. The van der Waals surface area contributed by atoms with Crippen LogP contribution in [0, 0.1) is 25.2 Å². The highest BCUT2D eigenvalue weighted by molar-refractivity contribution is 5.91. The summed E-state index contributed by atoms with van der Waals surface area (Å²) in [7, 11) is 0. The van der Waals surface area contributed by atoms with E-state index in [4.69, 9.17) is 4.98 Å². The van der Waals surface area contributed by atoms with E-state index in [0.717, 1.165) is 41.9 Å². The third-order valence-electron chi connectivity index (χ3n) is 4.84. The van der Waals surface area contributed by atoms with Gasteiger partial charge in [0.2, 0.25) is 11.9 Å². The zero-order valence-corrected chi connectivity index (χ0v) is 17.4. The Kier molecular flexibility index (Phi) is 5.68. The minimum absolute atomic E-state index is 0.0106. The Bertz CT molecular complexity index is 889. The average molecular weight is 384 g/mol. The van der Waals surface area contributed by atoms with Gasteiger partial charge >= 0.3 is 0 Å². The van der Waals surface area contributed by atoms with Crippen molar-refractivity contribution in [2.45, 2.75) is 60.4 Å². The van der Waals surface area contributed by atoms with E-state index in [1.807, 2.05) is 33.8 Å². The summed E-state index contributed by atoms with van der Waals surface area (Å²) < 4.78 is 13.5. The number of nitrogens with zero attached hydrogens (tertiary/aromatic N) is 3. The molecule has 0 spiro atoms. The van der Waals surface area contributed by atoms with Crippen LogP contribution >= 0.6 is 0 Å². The van der Waals surface area contributed by atoms with E-state index in [1.165, 1.54) is 0 Å². The summed E-state index contributed by atoms with van der Waals surface area (Å²) in [4.78, 5) is 23.2. The van der Waals surface area contributed by atoms with E-state index in [9.17, 15) is 9.18 Å². The normalized spacial score (nSPS) is 14.0. The molecule has 0 aliphatic carbocycles. The highest BCUT2D eigenvalue weighted by atomic mass is 19.1. The monoisotopic (exact) mass is 384 g/mol.